The van der Waals surface area contributed by atoms with Crippen LogP contribution in [0.5, 0.6) is 0 Å². The summed E-state index contributed by atoms with van der Waals surface area (Å²) in [6, 6.07) is 12.1. The summed E-state index contributed by atoms with van der Waals surface area (Å²) < 4.78 is 5.35. The Bertz CT molecular complexity index is 463. The molecule has 0 spiro atoms. The summed E-state index contributed by atoms with van der Waals surface area (Å²) in [5, 5.41) is 0. The van der Waals surface area contributed by atoms with E-state index in [1.807, 2.05) is 38.2 Å². The molecular weight excluding hydrogens is 212 g/mol. The van der Waals surface area contributed by atoms with Gasteiger partial charge in [0.05, 0.1) is 12.8 Å². The van der Waals surface area contributed by atoms with Crippen LogP contribution in [0.3, 0.4) is 0 Å². The first-order chi connectivity index (χ1) is 8.18. The second kappa shape index (κ2) is 5.06. The van der Waals surface area contributed by atoms with E-state index in [0.717, 1.165) is 23.6 Å². The van der Waals surface area contributed by atoms with Crippen LogP contribution in [0.25, 0.3) is 0 Å². The smallest absolute Gasteiger partial charge is 0.123 e. The number of hydrogen-bond donors (Lipinski definition) is 1. The summed E-state index contributed by atoms with van der Waals surface area (Å²) in [7, 11) is 2.05. The predicted molar refractivity (Wildman–Crippen MR) is 69.9 cm³/mol. The van der Waals surface area contributed by atoms with E-state index < -0.39 is 0 Å². The molecule has 1 unspecified atom stereocenters. The first kappa shape index (κ1) is 11.7. The standard InChI is InChI=1S/C14H18N2O/c1-11(15)13-7-3-4-8-14(13)16(2)10-12-6-5-9-17-12/h3-9,11H,10,15H2,1-2H3. The maximum Gasteiger partial charge on any atom is 0.123 e. The van der Waals surface area contributed by atoms with Gasteiger partial charge in [0.2, 0.25) is 0 Å². The van der Waals surface area contributed by atoms with Crippen molar-refractivity contribution in [1.29, 1.82) is 0 Å². The lowest BCUT2D eigenvalue weighted by atomic mass is 10.1. The van der Waals surface area contributed by atoms with E-state index in [1.165, 1.54) is 0 Å². The van der Waals surface area contributed by atoms with E-state index in [0.29, 0.717) is 0 Å². The van der Waals surface area contributed by atoms with E-state index in [-0.39, 0.29) is 6.04 Å². The van der Waals surface area contributed by atoms with E-state index in [1.54, 1.807) is 6.26 Å². The SMILES string of the molecule is CC(N)c1ccccc1N(C)Cc1ccco1. The molecule has 17 heavy (non-hydrogen) atoms. The molecule has 1 aromatic carbocycles. The molecule has 0 radical (unpaired) electrons. The summed E-state index contributed by atoms with van der Waals surface area (Å²) >= 11 is 0. The van der Waals surface area contributed by atoms with Crippen molar-refractivity contribution in [1.82, 2.24) is 0 Å². The van der Waals surface area contributed by atoms with Gasteiger partial charge in [0.25, 0.3) is 0 Å². The highest BCUT2D eigenvalue weighted by Crippen LogP contribution is 2.25. The molecule has 0 amide bonds. The van der Waals surface area contributed by atoms with Crippen molar-refractivity contribution < 1.29 is 4.42 Å². The Morgan fingerprint density at radius 2 is 2.00 bits per heavy atom. The summed E-state index contributed by atoms with van der Waals surface area (Å²) in [5.41, 5.74) is 8.28. The minimum atomic E-state index is 0.0326. The molecule has 1 aromatic heterocycles. The van der Waals surface area contributed by atoms with Gasteiger partial charge in [0, 0.05) is 18.8 Å². The fraction of sp³-hybridized carbons (Fsp3) is 0.286. The highest BCUT2D eigenvalue weighted by Gasteiger charge is 2.11. The van der Waals surface area contributed by atoms with Gasteiger partial charge in [-0.1, -0.05) is 18.2 Å². The number of furan rings is 1. The number of hydrogen-bond acceptors (Lipinski definition) is 3. The van der Waals surface area contributed by atoms with Crippen LogP contribution in [0, 0.1) is 0 Å². The molecule has 0 aliphatic rings. The molecule has 1 heterocycles. The van der Waals surface area contributed by atoms with Crippen molar-refractivity contribution in [3.63, 3.8) is 0 Å². The van der Waals surface area contributed by atoms with Crippen LogP contribution < -0.4 is 10.6 Å². The Hall–Kier alpha value is -1.74. The van der Waals surface area contributed by atoms with E-state index in [9.17, 15) is 0 Å². The average Bonchev–Trinajstić information content (AvgIpc) is 2.81. The maximum atomic E-state index is 5.98. The van der Waals surface area contributed by atoms with Crippen LogP contribution in [-0.2, 0) is 6.54 Å². The van der Waals surface area contributed by atoms with Crippen LogP contribution >= 0.6 is 0 Å². The normalized spacial score (nSPS) is 12.4. The molecule has 0 aliphatic carbocycles. The van der Waals surface area contributed by atoms with Gasteiger partial charge in [-0.05, 0) is 30.7 Å². The lowest BCUT2D eigenvalue weighted by molar-refractivity contribution is 0.507. The zero-order valence-corrected chi connectivity index (χ0v) is 10.3. The zero-order chi connectivity index (χ0) is 12.3. The Morgan fingerprint density at radius 3 is 2.65 bits per heavy atom. The van der Waals surface area contributed by atoms with Gasteiger partial charge in [-0.3, -0.25) is 0 Å². The molecule has 0 fully saturated rings. The van der Waals surface area contributed by atoms with Gasteiger partial charge in [0.1, 0.15) is 5.76 Å². The molecule has 2 aromatic rings. The quantitative estimate of drug-likeness (QED) is 0.878. The van der Waals surface area contributed by atoms with E-state index >= 15 is 0 Å². The van der Waals surface area contributed by atoms with Crippen molar-refractivity contribution in [3.05, 3.63) is 54.0 Å². The molecule has 1 atom stereocenters. The van der Waals surface area contributed by atoms with Gasteiger partial charge in [-0.25, -0.2) is 0 Å². The van der Waals surface area contributed by atoms with Crippen LogP contribution in [0.4, 0.5) is 5.69 Å². The van der Waals surface area contributed by atoms with E-state index in [4.69, 9.17) is 10.2 Å². The summed E-state index contributed by atoms with van der Waals surface area (Å²) in [5.74, 6) is 0.951. The molecular formula is C14H18N2O. The van der Waals surface area contributed by atoms with Crippen molar-refractivity contribution in [3.8, 4) is 0 Å². The Labute approximate surface area is 102 Å². The fourth-order valence-electron chi connectivity index (χ4n) is 1.94. The highest BCUT2D eigenvalue weighted by atomic mass is 16.3. The number of nitrogens with zero attached hydrogens (tertiary/aromatic N) is 1. The van der Waals surface area contributed by atoms with E-state index in [2.05, 4.69) is 17.0 Å². The molecule has 0 saturated heterocycles. The summed E-state index contributed by atoms with van der Waals surface area (Å²) in [6.45, 7) is 2.75. The van der Waals surface area contributed by atoms with Crippen molar-refractivity contribution in [2.24, 2.45) is 5.73 Å². The number of benzene rings is 1. The van der Waals surface area contributed by atoms with Crippen LogP contribution in [0.15, 0.2) is 47.1 Å². The Morgan fingerprint density at radius 1 is 1.24 bits per heavy atom. The third kappa shape index (κ3) is 2.68. The lowest BCUT2D eigenvalue weighted by Gasteiger charge is -2.23. The van der Waals surface area contributed by atoms with Gasteiger partial charge in [-0.15, -0.1) is 0 Å². The van der Waals surface area contributed by atoms with Gasteiger partial charge in [-0.2, -0.15) is 0 Å². The molecule has 3 nitrogen and oxygen atoms in total. The molecule has 2 rings (SSSR count). The van der Waals surface area contributed by atoms with Crippen molar-refractivity contribution >= 4 is 5.69 Å². The maximum absolute atomic E-state index is 5.98. The molecule has 90 valence electrons. The zero-order valence-electron chi connectivity index (χ0n) is 10.3. The number of para-hydroxylation sites is 1. The summed E-state index contributed by atoms with van der Waals surface area (Å²) in [6.07, 6.45) is 1.70. The number of rotatable bonds is 4. The predicted octanol–water partition coefficient (Wildman–Crippen LogP) is 2.94. The van der Waals surface area contributed by atoms with Crippen molar-refractivity contribution in [2.75, 3.05) is 11.9 Å². The lowest BCUT2D eigenvalue weighted by Crippen LogP contribution is -2.19. The molecule has 0 saturated carbocycles. The number of anilines is 1. The van der Waals surface area contributed by atoms with Gasteiger partial charge >= 0.3 is 0 Å². The highest BCUT2D eigenvalue weighted by molar-refractivity contribution is 5.54. The monoisotopic (exact) mass is 230 g/mol. The van der Waals surface area contributed by atoms with Crippen LogP contribution in [-0.4, -0.2) is 7.05 Å². The van der Waals surface area contributed by atoms with Crippen molar-refractivity contribution in [2.45, 2.75) is 19.5 Å². The third-order valence-electron chi connectivity index (χ3n) is 2.81. The minimum absolute atomic E-state index is 0.0326. The molecule has 0 aliphatic heterocycles. The van der Waals surface area contributed by atoms with Gasteiger partial charge in [0.15, 0.2) is 0 Å². The molecule has 0 bridgehead atoms. The first-order valence-corrected chi connectivity index (χ1v) is 5.76. The molecule has 2 N–H and O–H groups in total. The number of nitrogens with two attached hydrogens (primary N) is 1. The van der Waals surface area contributed by atoms with Gasteiger partial charge < -0.3 is 15.1 Å². The topological polar surface area (TPSA) is 42.4 Å². The third-order valence-corrected chi connectivity index (χ3v) is 2.81. The Kier molecular flexibility index (Phi) is 3.49. The second-order valence-corrected chi connectivity index (χ2v) is 4.28. The van der Waals surface area contributed by atoms with Crippen LogP contribution in [0.2, 0.25) is 0 Å². The first-order valence-electron chi connectivity index (χ1n) is 5.76. The Balaban J connectivity index is 2.21. The second-order valence-electron chi connectivity index (χ2n) is 4.28. The summed E-state index contributed by atoms with van der Waals surface area (Å²) in [4.78, 5) is 2.15. The minimum Gasteiger partial charge on any atom is -0.467 e. The average molecular weight is 230 g/mol. The largest absolute Gasteiger partial charge is 0.467 e. The molecule has 3 heteroatoms. The fourth-order valence-corrected chi connectivity index (χ4v) is 1.94. The van der Waals surface area contributed by atoms with Crippen LogP contribution in [0.1, 0.15) is 24.3 Å².